The van der Waals surface area contributed by atoms with Crippen LogP contribution in [-0.4, -0.2) is 31.1 Å². The molecule has 0 aliphatic carbocycles. The smallest absolute Gasteiger partial charge is 0.319 e. The molecule has 14 heavy (non-hydrogen) atoms. The minimum Gasteiger partial charge on any atom is -0.465 e. The van der Waals surface area contributed by atoms with E-state index in [0.717, 1.165) is 12.8 Å². The lowest BCUT2D eigenvalue weighted by molar-refractivity contribution is -0.142. The highest BCUT2D eigenvalue weighted by molar-refractivity contribution is 5.80. The lowest BCUT2D eigenvalue weighted by Crippen LogP contribution is -2.41. The summed E-state index contributed by atoms with van der Waals surface area (Å²) in [5.74, 6) is -0.835. The van der Waals surface area contributed by atoms with Crippen molar-refractivity contribution in [3.05, 3.63) is 0 Å². The van der Waals surface area contributed by atoms with E-state index in [9.17, 15) is 9.59 Å². The number of amides is 1. The Morgan fingerprint density at radius 2 is 2.14 bits per heavy atom. The number of ether oxygens (including phenoxy) is 1. The summed E-state index contributed by atoms with van der Waals surface area (Å²) in [7, 11) is 0. The van der Waals surface area contributed by atoms with Crippen molar-refractivity contribution in [2.24, 2.45) is 5.73 Å². The first-order chi connectivity index (χ1) is 6.57. The Kier molecular flexibility index (Phi) is 6.74. The van der Waals surface area contributed by atoms with E-state index in [0.29, 0.717) is 6.61 Å². The summed E-state index contributed by atoms with van der Waals surface area (Å²) in [6.07, 6.45) is 1.84. The van der Waals surface area contributed by atoms with Gasteiger partial charge in [0.05, 0.1) is 19.2 Å². The molecule has 0 radical (unpaired) electrons. The van der Waals surface area contributed by atoms with Crippen LogP contribution in [0.4, 0.5) is 0 Å². The van der Waals surface area contributed by atoms with Crippen molar-refractivity contribution in [2.45, 2.75) is 32.7 Å². The highest BCUT2D eigenvalue weighted by Crippen LogP contribution is 1.88. The van der Waals surface area contributed by atoms with Gasteiger partial charge in [-0.15, -0.1) is 0 Å². The monoisotopic (exact) mass is 202 g/mol. The molecule has 0 bridgehead atoms. The quantitative estimate of drug-likeness (QED) is 0.442. The van der Waals surface area contributed by atoms with E-state index < -0.39 is 11.9 Å². The minimum atomic E-state index is -0.506. The molecule has 0 aromatic carbocycles. The van der Waals surface area contributed by atoms with E-state index in [1.165, 1.54) is 0 Å². The first-order valence-electron chi connectivity index (χ1n) is 4.76. The predicted octanol–water partition coefficient (Wildman–Crippen LogP) is -0.207. The zero-order valence-corrected chi connectivity index (χ0v) is 8.71. The van der Waals surface area contributed by atoms with E-state index in [2.05, 4.69) is 5.32 Å². The molecule has 82 valence electrons. The second kappa shape index (κ2) is 7.32. The summed E-state index contributed by atoms with van der Waals surface area (Å²) in [5.41, 5.74) is 4.99. The molecule has 0 fully saturated rings. The van der Waals surface area contributed by atoms with Crippen LogP contribution in [0.25, 0.3) is 0 Å². The summed E-state index contributed by atoms with van der Waals surface area (Å²) in [5, 5.41) is 2.66. The average molecular weight is 202 g/mol. The van der Waals surface area contributed by atoms with Crippen molar-refractivity contribution in [1.82, 2.24) is 5.32 Å². The second-order valence-corrected chi connectivity index (χ2v) is 3.08. The van der Waals surface area contributed by atoms with E-state index in [1.807, 2.05) is 6.92 Å². The maximum absolute atomic E-state index is 11.0. The van der Waals surface area contributed by atoms with Crippen molar-refractivity contribution >= 4 is 11.9 Å². The van der Waals surface area contributed by atoms with Gasteiger partial charge in [-0.2, -0.15) is 0 Å². The van der Waals surface area contributed by atoms with Gasteiger partial charge >= 0.3 is 5.97 Å². The first kappa shape index (κ1) is 12.9. The third-order valence-electron chi connectivity index (χ3n) is 1.74. The van der Waals surface area contributed by atoms with Gasteiger partial charge in [0, 0.05) is 0 Å². The molecule has 0 spiro atoms. The molecule has 1 amide bonds. The number of carbonyl (C=O) groups is 2. The zero-order chi connectivity index (χ0) is 11.0. The van der Waals surface area contributed by atoms with Crippen molar-refractivity contribution in [2.75, 3.05) is 13.2 Å². The zero-order valence-electron chi connectivity index (χ0n) is 8.71. The number of hydrogen-bond donors (Lipinski definition) is 2. The Morgan fingerprint density at radius 1 is 1.50 bits per heavy atom. The Hall–Kier alpha value is -1.10. The van der Waals surface area contributed by atoms with Gasteiger partial charge in [-0.25, -0.2) is 0 Å². The van der Waals surface area contributed by atoms with Crippen molar-refractivity contribution in [1.29, 1.82) is 0 Å². The van der Waals surface area contributed by atoms with Crippen LogP contribution in [0.15, 0.2) is 0 Å². The van der Waals surface area contributed by atoms with Crippen LogP contribution in [0.5, 0.6) is 0 Å². The van der Waals surface area contributed by atoms with E-state index >= 15 is 0 Å². The molecule has 0 aliphatic heterocycles. The lowest BCUT2D eigenvalue weighted by Gasteiger charge is -2.09. The summed E-state index contributed by atoms with van der Waals surface area (Å²) in [6.45, 7) is 4.07. The highest BCUT2D eigenvalue weighted by atomic mass is 16.5. The number of rotatable bonds is 7. The topological polar surface area (TPSA) is 81.4 Å². The Balaban J connectivity index is 3.48. The molecule has 1 unspecified atom stereocenters. The van der Waals surface area contributed by atoms with E-state index in [4.69, 9.17) is 10.5 Å². The fourth-order valence-corrected chi connectivity index (χ4v) is 0.718. The molecule has 0 saturated heterocycles. The summed E-state index contributed by atoms with van der Waals surface area (Å²) in [4.78, 5) is 21.6. The van der Waals surface area contributed by atoms with Gasteiger partial charge in [0.25, 0.3) is 0 Å². The normalized spacial score (nSPS) is 12.1. The van der Waals surface area contributed by atoms with Gasteiger partial charge < -0.3 is 10.5 Å². The molecule has 0 aromatic heterocycles. The molecule has 5 heteroatoms. The Bertz CT molecular complexity index is 194. The van der Waals surface area contributed by atoms with Crippen LogP contribution in [-0.2, 0) is 14.3 Å². The number of unbranched alkanes of at least 4 members (excludes halogenated alkanes) is 1. The number of esters is 1. The molecule has 5 nitrogen and oxygen atoms in total. The minimum absolute atomic E-state index is 0.0216. The molecular formula is C9H18N2O3. The second-order valence-electron chi connectivity index (χ2n) is 3.08. The van der Waals surface area contributed by atoms with Crippen LogP contribution in [0.3, 0.4) is 0 Å². The maximum atomic E-state index is 11.0. The van der Waals surface area contributed by atoms with Crippen LogP contribution >= 0.6 is 0 Å². The molecule has 1 atom stereocenters. The molecule has 0 saturated carbocycles. The number of hydrogen-bond acceptors (Lipinski definition) is 4. The van der Waals surface area contributed by atoms with Crippen molar-refractivity contribution in [3.63, 3.8) is 0 Å². The lowest BCUT2D eigenvalue weighted by atomic mass is 10.3. The summed E-state index contributed by atoms with van der Waals surface area (Å²) in [6, 6.07) is -0.506. The van der Waals surface area contributed by atoms with E-state index in [-0.39, 0.29) is 12.5 Å². The van der Waals surface area contributed by atoms with Gasteiger partial charge in [-0.1, -0.05) is 13.3 Å². The maximum Gasteiger partial charge on any atom is 0.319 e. The van der Waals surface area contributed by atoms with Gasteiger partial charge in [-0.05, 0) is 13.3 Å². The highest BCUT2D eigenvalue weighted by Gasteiger charge is 2.10. The summed E-state index contributed by atoms with van der Waals surface area (Å²) >= 11 is 0. The predicted molar refractivity (Wildman–Crippen MR) is 52.5 cm³/mol. The van der Waals surface area contributed by atoms with E-state index in [1.54, 1.807) is 6.92 Å². The number of nitrogens with two attached hydrogens (primary N) is 1. The number of nitrogens with one attached hydrogen (secondary N) is 1. The Morgan fingerprint density at radius 3 is 2.64 bits per heavy atom. The largest absolute Gasteiger partial charge is 0.465 e. The van der Waals surface area contributed by atoms with Crippen LogP contribution in [0.2, 0.25) is 0 Å². The number of carbonyl (C=O) groups excluding carboxylic acids is 2. The SMILES string of the molecule is CCCCOC(=O)CNC(C)C(N)=O. The molecular weight excluding hydrogens is 184 g/mol. The molecule has 0 heterocycles. The molecule has 0 rings (SSSR count). The first-order valence-corrected chi connectivity index (χ1v) is 4.76. The third kappa shape index (κ3) is 6.42. The van der Waals surface area contributed by atoms with Gasteiger partial charge in [-0.3, -0.25) is 14.9 Å². The van der Waals surface area contributed by atoms with Crippen LogP contribution in [0.1, 0.15) is 26.7 Å². The molecule has 0 aromatic rings. The Labute approximate surface area is 84.0 Å². The van der Waals surface area contributed by atoms with Crippen LogP contribution in [0, 0.1) is 0 Å². The number of primary amides is 1. The summed E-state index contributed by atoms with van der Waals surface area (Å²) < 4.78 is 4.86. The van der Waals surface area contributed by atoms with Gasteiger partial charge in [0.1, 0.15) is 0 Å². The average Bonchev–Trinajstić information content (AvgIpc) is 2.14. The standard InChI is InChI=1S/C9H18N2O3/c1-3-4-5-14-8(12)6-11-7(2)9(10)13/h7,11H,3-6H2,1-2H3,(H2,10,13). The fourth-order valence-electron chi connectivity index (χ4n) is 0.718. The van der Waals surface area contributed by atoms with Crippen LogP contribution < -0.4 is 11.1 Å². The van der Waals surface area contributed by atoms with Crippen molar-refractivity contribution < 1.29 is 14.3 Å². The van der Waals surface area contributed by atoms with Gasteiger partial charge in [0.15, 0.2) is 0 Å². The van der Waals surface area contributed by atoms with Crippen molar-refractivity contribution in [3.8, 4) is 0 Å². The fraction of sp³-hybridized carbons (Fsp3) is 0.778. The van der Waals surface area contributed by atoms with Gasteiger partial charge in [0.2, 0.25) is 5.91 Å². The molecule has 3 N–H and O–H groups in total. The molecule has 0 aliphatic rings. The third-order valence-corrected chi connectivity index (χ3v) is 1.74.